The molecule has 0 saturated carbocycles. The molecule has 7 heteroatoms. The van der Waals surface area contributed by atoms with Crippen molar-refractivity contribution in [2.24, 2.45) is 0 Å². The van der Waals surface area contributed by atoms with Gasteiger partial charge < -0.3 is 10.3 Å². The summed E-state index contributed by atoms with van der Waals surface area (Å²) in [6.07, 6.45) is 0.631. The maximum Gasteiger partial charge on any atom is 0.254 e. The van der Waals surface area contributed by atoms with E-state index in [0.29, 0.717) is 33.5 Å². The van der Waals surface area contributed by atoms with Crippen LogP contribution in [-0.2, 0) is 11.2 Å². The second-order valence-corrected chi connectivity index (χ2v) is 5.98. The maximum absolute atomic E-state index is 11.9. The molecule has 1 aromatic carbocycles. The van der Waals surface area contributed by atoms with Crippen molar-refractivity contribution in [3.05, 3.63) is 50.9 Å². The maximum atomic E-state index is 11.9. The fraction of sp³-hybridized carbons (Fsp3) is 0.267. The van der Waals surface area contributed by atoms with Gasteiger partial charge in [-0.05, 0) is 25.5 Å². The SMILES string of the molecule is CCc1c(C)nc(SCC(=O)Nc2ccccc2Cl)[nH]c1=O. The zero-order chi connectivity index (χ0) is 16.1. The van der Waals surface area contributed by atoms with E-state index in [2.05, 4.69) is 15.3 Å². The van der Waals surface area contributed by atoms with Crippen molar-refractivity contribution in [3.8, 4) is 0 Å². The Morgan fingerprint density at radius 2 is 2.14 bits per heavy atom. The van der Waals surface area contributed by atoms with Gasteiger partial charge in [0.05, 0.1) is 16.5 Å². The van der Waals surface area contributed by atoms with Crippen molar-refractivity contribution in [2.75, 3.05) is 11.1 Å². The highest BCUT2D eigenvalue weighted by Crippen LogP contribution is 2.21. The van der Waals surface area contributed by atoms with Gasteiger partial charge in [-0.3, -0.25) is 9.59 Å². The molecule has 0 aliphatic heterocycles. The van der Waals surface area contributed by atoms with Crippen molar-refractivity contribution in [1.29, 1.82) is 0 Å². The Morgan fingerprint density at radius 3 is 2.77 bits per heavy atom. The van der Waals surface area contributed by atoms with Crippen molar-refractivity contribution < 1.29 is 4.79 Å². The minimum atomic E-state index is -0.210. The van der Waals surface area contributed by atoms with Gasteiger partial charge >= 0.3 is 0 Å². The van der Waals surface area contributed by atoms with E-state index in [1.165, 1.54) is 11.8 Å². The van der Waals surface area contributed by atoms with E-state index in [-0.39, 0.29) is 17.2 Å². The highest BCUT2D eigenvalue weighted by atomic mass is 35.5. The average molecular weight is 338 g/mol. The number of halogens is 1. The molecule has 5 nitrogen and oxygen atoms in total. The fourth-order valence-corrected chi connectivity index (χ4v) is 2.84. The minimum absolute atomic E-state index is 0.138. The first-order valence-electron chi connectivity index (χ1n) is 6.78. The lowest BCUT2D eigenvalue weighted by atomic mass is 10.2. The summed E-state index contributed by atoms with van der Waals surface area (Å²) in [5.74, 6) is -0.0722. The Kier molecular flexibility index (Phi) is 5.63. The summed E-state index contributed by atoms with van der Waals surface area (Å²) in [5, 5.41) is 3.64. The summed E-state index contributed by atoms with van der Waals surface area (Å²) in [6.45, 7) is 3.70. The number of aryl methyl sites for hydroxylation is 1. The van der Waals surface area contributed by atoms with Crippen LogP contribution in [0.3, 0.4) is 0 Å². The number of aromatic nitrogens is 2. The van der Waals surface area contributed by atoms with Crippen LogP contribution in [0, 0.1) is 6.92 Å². The molecule has 1 aromatic heterocycles. The normalized spacial score (nSPS) is 10.5. The Hall–Kier alpha value is -1.79. The molecule has 0 atom stereocenters. The van der Waals surface area contributed by atoms with Gasteiger partial charge in [0, 0.05) is 11.3 Å². The van der Waals surface area contributed by atoms with Crippen LogP contribution in [0.25, 0.3) is 0 Å². The lowest BCUT2D eigenvalue weighted by Crippen LogP contribution is -2.18. The molecule has 1 amide bonds. The highest BCUT2D eigenvalue weighted by Gasteiger charge is 2.10. The van der Waals surface area contributed by atoms with Gasteiger partial charge in [0.25, 0.3) is 5.56 Å². The van der Waals surface area contributed by atoms with Crippen LogP contribution in [0.15, 0.2) is 34.2 Å². The molecule has 2 N–H and O–H groups in total. The van der Waals surface area contributed by atoms with Crippen LogP contribution in [0.5, 0.6) is 0 Å². The van der Waals surface area contributed by atoms with E-state index >= 15 is 0 Å². The number of rotatable bonds is 5. The second-order valence-electron chi connectivity index (χ2n) is 4.61. The number of anilines is 1. The standard InChI is InChI=1S/C15H16ClN3O2S/c1-3-10-9(2)17-15(19-14(10)21)22-8-13(20)18-12-7-5-4-6-11(12)16/h4-7H,3,8H2,1-2H3,(H,18,20)(H,17,19,21). The van der Waals surface area contributed by atoms with Crippen molar-refractivity contribution in [3.63, 3.8) is 0 Å². The van der Waals surface area contributed by atoms with Gasteiger partial charge in [0.2, 0.25) is 5.91 Å². The van der Waals surface area contributed by atoms with Gasteiger partial charge in [0.1, 0.15) is 0 Å². The number of hydrogen-bond acceptors (Lipinski definition) is 4. The number of thioether (sulfide) groups is 1. The Balaban J connectivity index is 2.00. The van der Waals surface area contributed by atoms with Crippen LogP contribution < -0.4 is 10.9 Å². The molecule has 2 rings (SSSR count). The topological polar surface area (TPSA) is 74.8 Å². The molecule has 0 aliphatic rings. The summed E-state index contributed by atoms with van der Waals surface area (Å²) in [7, 11) is 0. The summed E-state index contributed by atoms with van der Waals surface area (Å²) in [4.78, 5) is 30.8. The number of nitrogens with zero attached hydrogens (tertiary/aromatic N) is 1. The zero-order valence-corrected chi connectivity index (χ0v) is 13.8. The molecule has 1 heterocycles. The van der Waals surface area contributed by atoms with Crippen molar-refractivity contribution in [2.45, 2.75) is 25.4 Å². The number of hydrogen-bond donors (Lipinski definition) is 2. The summed E-state index contributed by atoms with van der Waals surface area (Å²) < 4.78 is 0. The van der Waals surface area contributed by atoms with Crippen LogP contribution in [-0.4, -0.2) is 21.6 Å². The molecule has 0 radical (unpaired) electrons. The molecule has 22 heavy (non-hydrogen) atoms. The van der Waals surface area contributed by atoms with Gasteiger partial charge in [-0.15, -0.1) is 0 Å². The van der Waals surface area contributed by atoms with Crippen molar-refractivity contribution >= 4 is 35.0 Å². The van der Waals surface area contributed by atoms with Crippen LogP contribution in [0.4, 0.5) is 5.69 Å². The molecule has 2 aromatic rings. The number of aromatic amines is 1. The average Bonchev–Trinajstić information content (AvgIpc) is 2.47. The molecule has 116 valence electrons. The number of H-pyrrole nitrogens is 1. The Morgan fingerprint density at radius 1 is 1.41 bits per heavy atom. The van der Waals surface area contributed by atoms with Crippen LogP contribution in [0.1, 0.15) is 18.2 Å². The van der Waals surface area contributed by atoms with E-state index < -0.39 is 0 Å². The third-order valence-electron chi connectivity index (χ3n) is 3.04. The van der Waals surface area contributed by atoms with Crippen molar-refractivity contribution in [1.82, 2.24) is 9.97 Å². The van der Waals surface area contributed by atoms with E-state index in [4.69, 9.17) is 11.6 Å². The number of amides is 1. The first kappa shape index (κ1) is 16.6. The van der Waals surface area contributed by atoms with E-state index in [0.717, 1.165) is 0 Å². The first-order chi connectivity index (χ1) is 10.5. The number of benzene rings is 1. The molecule has 0 bridgehead atoms. The fourth-order valence-electron chi connectivity index (χ4n) is 1.95. The van der Waals surface area contributed by atoms with E-state index in [9.17, 15) is 9.59 Å². The monoisotopic (exact) mass is 337 g/mol. The Bertz CT molecular complexity index is 746. The largest absolute Gasteiger partial charge is 0.324 e. The molecular formula is C15H16ClN3O2S. The molecule has 0 saturated heterocycles. The Labute approximate surface area is 137 Å². The van der Waals surface area contributed by atoms with Gasteiger partial charge in [-0.1, -0.05) is 42.4 Å². The smallest absolute Gasteiger partial charge is 0.254 e. The minimum Gasteiger partial charge on any atom is -0.324 e. The summed E-state index contributed by atoms with van der Waals surface area (Å²) in [5.41, 5.74) is 1.78. The van der Waals surface area contributed by atoms with Gasteiger partial charge in [0.15, 0.2) is 5.16 Å². The molecule has 0 aliphatic carbocycles. The second kappa shape index (κ2) is 7.47. The predicted octanol–water partition coefficient (Wildman–Crippen LogP) is 3.02. The summed E-state index contributed by atoms with van der Waals surface area (Å²) in [6, 6.07) is 7.02. The van der Waals surface area contributed by atoms with Crippen LogP contribution in [0.2, 0.25) is 5.02 Å². The van der Waals surface area contributed by atoms with E-state index in [1.54, 1.807) is 31.2 Å². The van der Waals surface area contributed by atoms with Crippen LogP contribution >= 0.6 is 23.4 Å². The first-order valence-corrected chi connectivity index (χ1v) is 8.14. The number of nitrogens with one attached hydrogen (secondary N) is 2. The lowest BCUT2D eigenvalue weighted by molar-refractivity contribution is -0.113. The number of carbonyl (C=O) groups is 1. The quantitative estimate of drug-likeness (QED) is 0.649. The third kappa shape index (κ3) is 4.11. The van der Waals surface area contributed by atoms with Gasteiger partial charge in [-0.2, -0.15) is 0 Å². The predicted molar refractivity (Wildman–Crippen MR) is 89.8 cm³/mol. The highest BCUT2D eigenvalue weighted by molar-refractivity contribution is 7.99. The third-order valence-corrected chi connectivity index (χ3v) is 4.24. The number of carbonyl (C=O) groups excluding carboxylic acids is 1. The molecular weight excluding hydrogens is 322 g/mol. The number of para-hydroxylation sites is 1. The van der Waals surface area contributed by atoms with Gasteiger partial charge in [-0.25, -0.2) is 4.98 Å². The zero-order valence-electron chi connectivity index (χ0n) is 12.3. The molecule has 0 unspecified atom stereocenters. The molecule has 0 spiro atoms. The summed E-state index contributed by atoms with van der Waals surface area (Å²) >= 11 is 7.16. The lowest BCUT2D eigenvalue weighted by Gasteiger charge is -2.07. The van der Waals surface area contributed by atoms with E-state index in [1.807, 2.05) is 6.92 Å². The molecule has 0 fully saturated rings.